The number of hydrogen-bond donors (Lipinski definition) is 1. The number of likely N-dealkylation sites (tertiary alicyclic amines) is 1. The lowest BCUT2D eigenvalue weighted by Crippen LogP contribution is -2.47. The minimum absolute atomic E-state index is 0.0404. The summed E-state index contributed by atoms with van der Waals surface area (Å²) in [5, 5.41) is 4.02. The second-order valence-electron chi connectivity index (χ2n) is 9.55. The molecule has 2 aromatic carbocycles. The lowest BCUT2D eigenvalue weighted by molar-refractivity contribution is 0.0949. The zero-order valence-electron chi connectivity index (χ0n) is 21.3. The van der Waals surface area contributed by atoms with Crippen molar-refractivity contribution >= 4 is 40.8 Å². The van der Waals surface area contributed by atoms with E-state index in [0.29, 0.717) is 60.0 Å². The Kier molecular flexibility index (Phi) is 8.98. The molecule has 3 aromatic rings. The Balaban J connectivity index is 1.12. The average Bonchev–Trinajstić information content (AvgIpc) is 3.46. The van der Waals surface area contributed by atoms with Gasteiger partial charge in [0, 0.05) is 56.7 Å². The lowest BCUT2D eigenvalue weighted by atomic mass is 10.1. The number of carbonyl (C=O) groups is 1. The van der Waals surface area contributed by atoms with Crippen LogP contribution in [0.25, 0.3) is 0 Å². The number of halogens is 2. The van der Waals surface area contributed by atoms with E-state index < -0.39 is 0 Å². The molecule has 0 bridgehead atoms. The van der Waals surface area contributed by atoms with Gasteiger partial charge in [-0.05, 0) is 55.8 Å². The van der Waals surface area contributed by atoms with Crippen LogP contribution in [-0.2, 0) is 5.75 Å². The van der Waals surface area contributed by atoms with Gasteiger partial charge in [-0.25, -0.2) is 14.4 Å². The van der Waals surface area contributed by atoms with E-state index >= 15 is 0 Å². The SMILES string of the molecule is O=C(NCCN1CCCC1)c1ccc(CSc2nc(Cl)cc(N3CCN(c4ccccc4F)CC3)n2)cc1. The fourth-order valence-corrected chi connectivity index (χ4v) is 5.87. The van der Waals surface area contributed by atoms with E-state index in [2.05, 4.69) is 25.0 Å². The van der Waals surface area contributed by atoms with Crippen molar-refractivity contribution in [3.63, 3.8) is 0 Å². The number of aromatic nitrogens is 2. The van der Waals surface area contributed by atoms with Crippen molar-refractivity contribution in [3.8, 4) is 0 Å². The molecule has 0 saturated carbocycles. The monoisotopic (exact) mass is 554 g/mol. The van der Waals surface area contributed by atoms with Gasteiger partial charge in [0.25, 0.3) is 5.91 Å². The summed E-state index contributed by atoms with van der Waals surface area (Å²) in [6, 6.07) is 16.3. The number of carbonyl (C=O) groups excluding carboxylic acids is 1. The molecule has 0 aliphatic carbocycles. The van der Waals surface area contributed by atoms with Crippen molar-refractivity contribution in [2.24, 2.45) is 0 Å². The number of thioether (sulfide) groups is 1. The zero-order chi connectivity index (χ0) is 26.3. The normalized spacial score (nSPS) is 16.2. The molecular formula is C28H32ClFN6OS. The van der Waals surface area contributed by atoms with Gasteiger partial charge in [0.05, 0.1) is 5.69 Å². The number of hydrogen-bond acceptors (Lipinski definition) is 7. The van der Waals surface area contributed by atoms with E-state index in [-0.39, 0.29) is 11.7 Å². The van der Waals surface area contributed by atoms with Crippen LogP contribution in [0.4, 0.5) is 15.9 Å². The van der Waals surface area contributed by atoms with Crippen LogP contribution in [0, 0.1) is 5.82 Å². The predicted octanol–water partition coefficient (Wildman–Crippen LogP) is 4.71. The highest BCUT2D eigenvalue weighted by Gasteiger charge is 2.21. The Morgan fingerprint density at radius 3 is 2.39 bits per heavy atom. The fraction of sp³-hybridized carbons (Fsp3) is 0.393. The van der Waals surface area contributed by atoms with Crippen LogP contribution in [0.2, 0.25) is 5.15 Å². The molecule has 10 heteroatoms. The first-order chi connectivity index (χ1) is 18.5. The van der Waals surface area contributed by atoms with Gasteiger partial charge in [-0.2, -0.15) is 0 Å². The number of piperazine rings is 1. The number of nitrogens with one attached hydrogen (secondary N) is 1. The van der Waals surface area contributed by atoms with Crippen molar-refractivity contribution in [1.82, 2.24) is 20.2 Å². The molecule has 2 aliphatic heterocycles. The first-order valence-electron chi connectivity index (χ1n) is 13.1. The Morgan fingerprint density at radius 1 is 0.947 bits per heavy atom. The summed E-state index contributed by atoms with van der Waals surface area (Å²) in [4.78, 5) is 28.2. The molecule has 0 radical (unpaired) electrons. The third kappa shape index (κ3) is 6.95. The molecule has 2 saturated heterocycles. The first kappa shape index (κ1) is 26.7. The van der Waals surface area contributed by atoms with Crippen LogP contribution in [0.1, 0.15) is 28.8 Å². The maximum Gasteiger partial charge on any atom is 0.251 e. The van der Waals surface area contributed by atoms with Crippen molar-refractivity contribution in [3.05, 3.63) is 76.7 Å². The van der Waals surface area contributed by atoms with Gasteiger partial charge in [0.2, 0.25) is 0 Å². The van der Waals surface area contributed by atoms with E-state index in [9.17, 15) is 9.18 Å². The van der Waals surface area contributed by atoms with E-state index in [1.807, 2.05) is 36.4 Å². The maximum absolute atomic E-state index is 14.2. The molecule has 38 heavy (non-hydrogen) atoms. The second-order valence-corrected chi connectivity index (χ2v) is 10.9. The highest BCUT2D eigenvalue weighted by molar-refractivity contribution is 7.98. The lowest BCUT2D eigenvalue weighted by Gasteiger charge is -2.36. The highest BCUT2D eigenvalue weighted by Crippen LogP contribution is 2.27. The largest absolute Gasteiger partial charge is 0.366 e. The van der Waals surface area contributed by atoms with Crippen molar-refractivity contribution in [2.75, 3.05) is 62.2 Å². The van der Waals surface area contributed by atoms with Gasteiger partial charge in [-0.3, -0.25) is 4.79 Å². The molecule has 0 spiro atoms. The smallest absolute Gasteiger partial charge is 0.251 e. The molecule has 3 heterocycles. The third-order valence-corrected chi connectivity index (χ3v) is 8.07. The van der Waals surface area contributed by atoms with E-state index in [1.54, 1.807) is 12.1 Å². The first-order valence-corrected chi connectivity index (χ1v) is 14.4. The molecular weight excluding hydrogens is 523 g/mol. The third-order valence-electron chi connectivity index (χ3n) is 6.95. The van der Waals surface area contributed by atoms with Gasteiger partial charge in [-0.1, -0.05) is 47.6 Å². The van der Waals surface area contributed by atoms with E-state index in [1.165, 1.54) is 30.7 Å². The molecule has 1 aromatic heterocycles. The summed E-state index contributed by atoms with van der Waals surface area (Å²) >= 11 is 7.84. The number of benzene rings is 2. The summed E-state index contributed by atoms with van der Waals surface area (Å²) in [5.41, 5.74) is 2.37. The van der Waals surface area contributed by atoms with Crippen LogP contribution in [0.3, 0.4) is 0 Å². The topological polar surface area (TPSA) is 64.6 Å². The summed E-state index contributed by atoms with van der Waals surface area (Å²) in [7, 11) is 0. The molecule has 1 N–H and O–H groups in total. The number of nitrogens with zero attached hydrogens (tertiary/aromatic N) is 5. The quantitative estimate of drug-likeness (QED) is 0.233. The summed E-state index contributed by atoms with van der Waals surface area (Å²) in [6.07, 6.45) is 2.51. The molecule has 200 valence electrons. The van der Waals surface area contributed by atoms with Gasteiger partial charge in [-0.15, -0.1) is 0 Å². The van der Waals surface area contributed by atoms with Crippen molar-refractivity contribution < 1.29 is 9.18 Å². The number of para-hydroxylation sites is 1. The minimum Gasteiger partial charge on any atom is -0.366 e. The summed E-state index contributed by atoms with van der Waals surface area (Å²) in [5.74, 6) is 1.20. The second kappa shape index (κ2) is 12.8. The number of rotatable bonds is 9. The fourth-order valence-electron chi connectivity index (χ4n) is 4.83. The maximum atomic E-state index is 14.2. The molecule has 0 atom stereocenters. The summed E-state index contributed by atoms with van der Waals surface area (Å²) < 4.78 is 14.2. The molecule has 0 unspecified atom stereocenters. The van der Waals surface area contributed by atoms with Gasteiger partial charge >= 0.3 is 0 Å². The van der Waals surface area contributed by atoms with Crippen LogP contribution in [-0.4, -0.2) is 73.1 Å². The average molecular weight is 555 g/mol. The number of anilines is 2. The molecule has 1 amide bonds. The van der Waals surface area contributed by atoms with E-state index in [0.717, 1.165) is 31.0 Å². The van der Waals surface area contributed by atoms with Crippen LogP contribution in [0.15, 0.2) is 59.8 Å². The Labute approximate surface area is 232 Å². The van der Waals surface area contributed by atoms with Crippen LogP contribution >= 0.6 is 23.4 Å². The standard InChI is InChI=1S/C28H32ClFN6OS/c29-25-19-26(36-17-15-35(16-18-36)24-6-2-1-5-23(24)30)33-28(32-25)38-20-21-7-9-22(10-8-21)27(37)31-11-14-34-12-3-4-13-34/h1-2,5-10,19H,3-4,11-18,20H2,(H,31,37). The van der Waals surface area contributed by atoms with Crippen LogP contribution in [0.5, 0.6) is 0 Å². The van der Waals surface area contributed by atoms with Crippen molar-refractivity contribution in [1.29, 1.82) is 0 Å². The number of amides is 1. The Bertz CT molecular complexity index is 1230. The van der Waals surface area contributed by atoms with E-state index in [4.69, 9.17) is 16.6 Å². The molecule has 7 nitrogen and oxygen atoms in total. The zero-order valence-corrected chi connectivity index (χ0v) is 22.9. The summed E-state index contributed by atoms with van der Waals surface area (Å²) in [6.45, 7) is 6.66. The predicted molar refractivity (Wildman–Crippen MR) is 152 cm³/mol. The van der Waals surface area contributed by atoms with Gasteiger partial charge in [0.1, 0.15) is 16.8 Å². The molecule has 2 aliphatic rings. The van der Waals surface area contributed by atoms with Crippen LogP contribution < -0.4 is 15.1 Å². The Hall–Kier alpha value is -2.88. The Morgan fingerprint density at radius 2 is 1.66 bits per heavy atom. The molecule has 5 rings (SSSR count). The van der Waals surface area contributed by atoms with Gasteiger partial charge < -0.3 is 20.0 Å². The molecule has 2 fully saturated rings. The minimum atomic E-state index is -0.198. The highest BCUT2D eigenvalue weighted by atomic mass is 35.5. The van der Waals surface area contributed by atoms with Gasteiger partial charge in [0.15, 0.2) is 5.16 Å². The van der Waals surface area contributed by atoms with Crippen molar-refractivity contribution in [2.45, 2.75) is 23.8 Å².